The molecule has 104 valence electrons. The minimum Gasteiger partial charge on any atom is -0.381 e. The maximum atomic E-state index is 12.0. The lowest BCUT2D eigenvalue weighted by molar-refractivity contribution is -0.124. The topological polar surface area (TPSA) is 64.4 Å². The number of nitrogens with one attached hydrogen (secondary N) is 1. The Morgan fingerprint density at radius 2 is 2.11 bits per heavy atom. The van der Waals surface area contributed by atoms with E-state index in [-0.39, 0.29) is 11.3 Å². The van der Waals surface area contributed by atoms with Crippen LogP contribution in [-0.2, 0) is 9.53 Å². The Morgan fingerprint density at radius 3 is 2.72 bits per heavy atom. The average Bonchev–Trinajstić information content (AvgIpc) is 2.91. The van der Waals surface area contributed by atoms with Gasteiger partial charge in [-0.3, -0.25) is 4.79 Å². The maximum Gasteiger partial charge on any atom is 0.220 e. The van der Waals surface area contributed by atoms with E-state index in [1.165, 1.54) is 19.3 Å². The molecule has 0 aromatic carbocycles. The lowest BCUT2D eigenvalue weighted by atomic mass is 9.71. The van der Waals surface area contributed by atoms with Crippen molar-refractivity contribution in [3.05, 3.63) is 0 Å². The zero-order chi connectivity index (χ0) is 12.8. The van der Waals surface area contributed by atoms with Crippen LogP contribution < -0.4 is 11.1 Å². The highest BCUT2D eigenvalue weighted by Gasteiger charge is 2.33. The highest BCUT2D eigenvalue weighted by molar-refractivity contribution is 5.76. The van der Waals surface area contributed by atoms with Gasteiger partial charge in [-0.2, -0.15) is 0 Å². The number of carbonyl (C=O) groups is 1. The van der Waals surface area contributed by atoms with Crippen LogP contribution in [0.15, 0.2) is 0 Å². The molecule has 1 unspecified atom stereocenters. The molecule has 2 rings (SSSR count). The summed E-state index contributed by atoms with van der Waals surface area (Å²) in [6.45, 7) is 3.04. The van der Waals surface area contributed by atoms with Gasteiger partial charge in [-0.05, 0) is 31.2 Å². The summed E-state index contributed by atoms with van der Waals surface area (Å²) >= 11 is 0. The predicted molar refractivity (Wildman–Crippen MR) is 71.1 cm³/mol. The molecular weight excluding hydrogens is 228 g/mol. The summed E-state index contributed by atoms with van der Waals surface area (Å²) in [4.78, 5) is 12.0. The lowest BCUT2D eigenvalue weighted by Gasteiger charge is -2.35. The van der Waals surface area contributed by atoms with Crippen LogP contribution in [0.25, 0.3) is 0 Å². The molecule has 0 bridgehead atoms. The van der Waals surface area contributed by atoms with Crippen LogP contribution in [0, 0.1) is 11.3 Å². The van der Waals surface area contributed by atoms with Gasteiger partial charge in [-0.15, -0.1) is 0 Å². The first-order chi connectivity index (χ1) is 8.74. The van der Waals surface area contributed by atoms with E-state index in [4.69, 9.17) is 10.5 Å². The van der Waals surface area contributed by atoms with Crippen molar-refractivity contribution in [2.45, 2.75) is 44.9 Å². The van der Waals surface area contributed by atoms with Gasteiger partial charge in [-0.25, -0.2) is 0 Å². The molecule has 2 fully saturated rings. The summed E-state index contributed by atoms with van der Waals surface area (Å²) in [5, 5.41) is 3.06. The van der Waals surface area contributed by atoms with E-state index < -0.39 is 0 Å². The molecule has 1 aliphatic carbocycles. The summed E-state index contributed by atoms with van der Waals surface area (Å²) < 4.78 is 5.31. The number of carbonyl (C=O) groups excluding carboxylic acids is 1. The van der Waals surface area contributed by atoms with Gasteiger partial charge in [0.05, 0.1) is 6.61 Å². The fourth-order valence-corrected chi connectivity index (χ4v) is 3.16. The molecule has 2 aliphatic rings. The monoisotopic (exact) mass is 254 g/mol. The predicted octanol–water partition coefficient (Wildman–Crippen LogP) is 1.44. The van der Waals surface area contributed by atoms with Crippen molar-refractivity contribution >= 4 is 5.91 Å². The molecule has 0 spiro atoms. The van der Waals surface area contributed by atoms with Gasteiger partial charge in [0.25, 0.3) is 0 Å². The molecular formula is C14H26N2O2. The van der Waals surface area contributed by atoms with Gasteiger partial charge >= 0.3 is 0 Å². The highest BCUT2D eigenvalue weighted by Crippen LogP contribution is 2.38. The van der Waals surface area contributed by atoms with Gasteiger partial charge < -0.3 is 15.8 Å². The Kier molecular flexibility index (Phi) is 5.01. The zero-order valence-electron chi connectivity index (χ0n) is 11.2. The second kappa shape index (κ2) is 6.53. The van der Waals surface area contributed by atoms with E-state index in [2.05, 4.69) is 5.32 Å². The van der Waals surface area contributed by atoms with Crippen molar-refractivity contribution in [1.82, 2.24) is 5.32 Å². The molecule has 0 radical (unpaired) electrons. The number of rotatable bonds is 5. The zero-order valence-corrected chi connectivity index (χ0v) is 11.2. The molecule has 0 aromatic heterocycles. The molecule has 1 saturated heterocycles. The first kappa shape index (κ1) is 13.8. The standard InChI is InChI=1S/C14H26N2O2/c15-11-14(5-2-1-3-6-14)8-13(17)16-9-12-4-7-18-10-12/h12H,1-11,15H2,(H,16,17). The molecule has 1 amide bonds. The van der Waals surface area contributed by atoms with Crippen molar-refractivity contribution in [3.63, 3.8) is 0 Å². The lowest BCUT2D eigenvalue weighted by Crippen LogP contribution is -2.39. The van der Waals surface area contributed by atoms with Gasteiger partial charge in [0.2, 0.25) is 5.91 Å². The summed E-state index contributed by atoms with van der Waals surface area (Å²) in [5.74, 6) is 0.684. The van der Waals surface area contributed by atoms with Gasteiger partial charge in [-0.1, -0.05) is 19.3 Å². The fourth-order valence-electron chi connectivity index (χ4n) is 3.16. The SMILES string of the molecule is NCC1(CC(=O)NCC2CCOC2)CCCCC1. The number of hydrogen-bond donors (Lipinski definition) is 2. The fraction of sp³-hybridized carbons (Fsp3) is 0.929. The van der Waals surface area contributed by atoms with Crippen LogP contribution in [0.1, 0.15) is 44.9 Å². The number of ether oxygens (including phenoxy) is 1. The molecule has 3 N–H and O–H groups in total. The normalized spacial score (nSPS) is 27.1. The number of nitrogens with two attached hydrogens (primary N) is 1. The van der Waals surface area contributed by atoms with E-state index in [9.17, 15) is 4.79 Å². The molecule has 1 saturated carbocycles. The van der Waals surface area contributed by atoms with Crippen molar-refractivity contribution in [1.29, 1.82) is 0 Å². The van der Waals surface area contributed by atoms with Crippen molar-refractivity contribution in [3.8, 4) is 0 Å². The molecule has 1 heterocycles. The maximum absolute atomic E-state index is 12.0. The molecule has 1 atom stereocenters. The van der Waals surface area contributed by atoms with E-state index in [0.29, 0.717) is 18.9 Å². The quantitative estimate of drug-likeness (QED) is 0.780. The van der Waals surface area contributed by atoms with Crippen LogP contribution in [0.3, 0.4) is 0 Å². The second-order valence-electron chi connectivity index (χ2n) is 5.98. The third-order valence-corrected chi connectivity index (χ3v) is 4.49. The first-order valence-corrected chi connectivity index (χ1v) is 7.29. The van der Waals surface area contributed by atoms with E-state index in [0.717, 1.165) is 39.0 Å². The summed E-state index contributed by atoms with van der Waals surface area (Å²) in [6.07, 6.45) is 7.65. The van der Waals surface area contributed by atoms with Crippen molar-refractivity contribution in [2.75, 3.05) is 26.3 Å². The summed E-state index contributed by atoms with van der Waals surface area (Å²) in [7, 11) is 0. The van der Waals surface area contributed by atoms with E-state index in [1.54, 1.807) is 0 Å². The van der Waals surface area contributed by atoms with E-state index in [1.807, 2.05) is 0 Å². The van der Waals surface area contributed by atoms with Crippen LogP contribution in [0.4, 0.5) is 0 Å². The summed E-state index contributed by atoms with van der Waals surface area (Å²) in [6, 6.07) is 0. The molecule has 18 heavy (non-hydrogen) atoms. The van der Waals surface area contributed by atoms with Crippen LogP contribution in [-0.4, -0.2) is 32.2 Å². The highest BCUT2D eigenvalue weighted by atomic mass is 16.5. The Hall–Kier alpha value is -0.610. The van der Waals surface area contributed by atoms with Gasteiger partial charge in [0.1, 0.15) is 0 Å². The van der Waals surface area contributed by atoms with Crippen molar-refractivity contribution < 1.29 is 9.53 Å². The Morgan fingerprint density at radius 1 is 1.33 bits per heavy atom. The van der Waals surface area contributed by atoms with Crippen molar-refractivity contribution in [2.24, 2.45) is 17.1 Å². The number of hydrogen-bond acceptors (Lipinski definition) is 3. The van der Waals surface area contributed by atoms with Gasteiger partial charge in [0, 0.05) is 25.5 Å². The Labute approximate surface area is 110 Å². The third kappa shape index (κ3) is 3.69. The Bertz CT molecular complexity index is 269. The average molecular weight is 254 g/mol. The van der Waals surface area contributed by atoms with Crippen LogP contribution in [0.5, 0.6) is 0 Å². The first-order valence-electron chi connectivity index (χ1n) is 7.29. The largest absolute Gasteiger partial charge is 0.381 e. The smallest absolute Gasteiger partial charge is 0.220 e. The molecule has 4 heteroatoms. The van der Waals surface area contributed by atoms with Gasteiger partial charge in [0.15, 0.2) is 0 Å². The second-order valence-corrected chi connectivity index (χ2v) is 5.98. The number of amides is 1. The third-order valence-electron chi connectivity index (χ3n) is 4.49. The Balaban J connectivity index is 1.74. The minimum atomic E-state index is 0.0779. The molecule has 4 nitrogen and oxygen atoms in total. The van der Waals surface area contributed by atoms with E-state index >= 15 is 0 Å². The van der Waals surface area contributed by atoms with Crippen LogP contribution >= 0.6 is 0 Å². The molecule has 0 aromatic rings. The van der Waals surface area contributed by atoms with Crippen LogP contribution in [0.2, 0.25) is 0 Å². The minimum absolute atomic E-state index is 0.0779. The molecule has 1 aliphatic heterocycles. The summed E-state index contributed by atoms with van der Waals surface area (Å²) in [5.41, 5.74) is 5.98.